The SMILES string of the molecule is COC1[C@@H](OP(=O)(OC[C@H]2O[C@@H](n3cnc4c(N)ccnc43)C[C@H]2O)SCOC(=O)OC(C)C)[C@@H](CO)O[C@H]1n1ccc(=O)[nH]c1=O.COC1[C@@H](OP(O)(=S)OC[C@H]2O[C@@H](n3cnc4c(N)ccnc43)C[C@H]2O)[C@@H](CO)O[C@H]1n1ccc(=O)[nH]c1=O. The van der Waals surface area contributed by atoms with Crippen LogP contribution in [0.1, 0.15) is 51.6 Å². The van der Waals surface area contributed by atoms with Crippen LogP contribution in [0.25, 0.3) is 22.3 Å². The van der Waals surface area contributed by atoms with Gasteiger partial charge in [-0.2, -0.15) is 0 Å². The van der Waals surface area contributed by atoms with E-state index in [2.05, 4.69) is 29.9 Å². The number of aliphatic hydroxyl groups excluding tert-OH is 4. The Balaban J connectivity index is 0.000000209. The summed E-state index contributed by atoms with van der Waals surface area (Å²) in [5.74, 6) is -0.536. The average Bonchev–Trinajstić information content (AvgIpc) is 2.12. The molecular formula is C47H62N12O23P2S2. The number of anilines is 2. The van der Waals surface area contributed by atoms with Crippen LogP contribution in [0.15, 0.2) is 80.9 Å². The summed E-state index contributed by atoms with van der Waals surface area (Å²) < 4.78 is 86.9. The molecule has 6 aromatic rings. The topological polar surface area (TPSA) is 469 Å². The molecule has 0 aliphatic carbocycles. The third kappa shape index (κ3) is 14.5. The number of fused-ring (bicyclic) bond motifs is 2. The molecule has 4 saturated heterocycles. The van der Waals surface area contributed by atoms with Crippen molar-refractivity contribution in [2.45, 2.75) is 119 Å². The second-order valence-corrected chi connectivity index (χ2v) is 26.5. The molecule has 4 aliphatic heterocycles. The van der Waals surface area contributed by atoms with E-state index in [1.54, 1.807) is 41.3 Å². The van der Waals surface area contributed by atoms with Gasteiger partial charge in [0.1, 0.15) is 72.3 Å². The maximum Gasteiger partial charge on any atom is 0.509 e. The van der Waals surface area contributed by atoms with Gasteiger partial charge in [0, 0.05) is 75.4 Å². The minimum atomic E-state index is -4.37. The molecule has 470 valence electrons. The lowest BCUT2D eigenvalue weighted by Gasteiger charge is -2.28. The minimum Gasteiger partial charge on any atom is -0.432 e. The van der Waals surface area contributed by atoms with Gasteiger partial charge in [0.05, 0.1) is 68.8 Å². The maximum atomic E-state index is 14.2. The molecule has 0 aromatic carbocycles. The number of ether oxygens (including phenoxy) is 8. The van der Waals surface area contributed by atoms with Crippen molar-refractivity contribution in [2.75, 3.05) is 58.1 Å². The van der Waals surface area contributed by atoms with Crippen molar-refractivity contribution in [3.63, 3.8) is 0 Å². The smallest absolute Gasteiger partial charge is 0.432 e. The Hall–Kier alpha value is -5.90. The first kappa shape index (κ1) is 64.6. The number of imidazole rings is 2. The van der Waals surface area contributed by atoms with Crippen molar-refractivity contribution in [1.82, 2.24) is 48.2 Å². The summed E-state index contributed by atoms with van der Waals surface area (Å²) >= 11 is 5.66. The van der Waals surface area contributed by atoms with E-state index in [0.29, 0.717) is 45.1 Å². The number of hydrogen-bond acceptors (Lipinski definition) is 30. The molecule has 4 unspecified atom stereocenters. The fourth-order valence-corrected chi connectivity index (χ4v) is 13.9. The molecule has 6 aromatic heterocycles. The van der Waals surface area contributed by atoms with E-state index in [9.17, 15) is 53.9 Å². The number of methoxy groups -OCH3 is 2. The van der Waals surface area contributed by atoms with E-state index in [4.69, 9.17) is 79.3 Å². The summed E-state index contributed by atoms with van der Waals surface area (Å²) in [5, 5.41) is 41.4. The number of pyridine rings is 2. The zero-order valence-electron chi connectivity index (χ0n) is 45.9. The summed E-state index contributed by atoms with van der Waals surface area (Å²) in [6.45, 7) is -7.11. The van der Waals surface area contributed by atoms with E-state index in [-0.39, 0.29) is 19.4 Å². The van der Waals surface area contributed by atoms with Gasteiger partial charge in [-0.3, -0.25) is 51.4 Å². The van der Waals surface area contributed by atoms with Crippen LogP contribution in [-0.2, 0) is 72.4 Å². The van der Waals surface area contributed by atoms with Crippen molar-refractivity contribution in [1.29, 1.82) is 0 Å². The Morgan fingerprint density at radius 3 is 1.62 bits per heavy atom. The summed E-state index contributed by atoms with van der Waals surface area (Å²) in [7, 11) is 2.60. The third-order valence-electron chi connectivity index (χ3n) is 13.8. The molecule has 0 bridgehead atoms. The Labute approximate surface area is 493 Å². The second-order valence-electron chi connectivity index (χ2n) is 19.7. The molecule has 10 heterocycles. The molecule has 4 aliphatic rings. The number of carbonyl (C=O) groups is 1. The average molecular weight is 1290 g/mol. The number of aliphatic hydroxyl groups is 4. The number of carbonyl (C=O) groups excluding carboxylic acids is 1. The Kier molecular flexibility index (Phi) is 20.8. The molecule has 16 atom stereocenters. The van der Waals surface area contributed by atoms with Crippen molar-refractivity contribution in [3.05, 3.63) is 103 Å². The molecule has 0 saturated carbocycles. The van der Waals surface area contributed by atoms with Crippen molar-refractivity contribution in [3.8, 4) is 0 Å². The normalized spacial score (nSPS) is 28.8. The third-order valence-corrected chi connectivity index (χ3v) is 18.7. The molecule has 86 heavy (non-hydrogen) atoms. The fourth-order valence-electron chi connectivity index (χ4n) is 9.70. The fraction of sp³-hybridized carbons (Fsp3) is 0.553. The first-order valence-corrected chi connectivity index (χ1v) is 31.9. The van der Waals surface area contributed by atoms with Gasteiger partial charge in [0.2, 0.25) is 0 Å². The number of rotatable bonds is 22. The lowest BCUT2D eigenvalue weighted by molar-refractivity contribution is -0.0625. The number of nitrogen functional groups attached to an aromatic ring is 2. The zero-order chi connectivity index (χ0) is 61.8. The molecule has 39 heteroatoms. The van der Waals surface area contributed by atoms with Gasteiger partial charge in [-0.1, -0.05) is 0 Å². The molecule has 10 rings (SSSR count). The number of nitrogens with two attached hydrogens (primary N) is 2. The predicted molar refractivity (Wildman–Crippen MR) is 300 cm³/mol. The summed E-state index contributed by atoms with van der Waals surface area (Å²) in [6.07, 6.45) is -7.16. The Morgan fingerprint density at radius 1 is 0.709 bits per heavy atom. The highest BCUT2D eigenvalue weighted by Gasteiger charge is 2.52. The van der Waals surface area contributed by atoms with Gasteiger partial charge in [0.25, 0.3) is 11.1 Å². The first-order valence-electron chi connectivity index (χ1n) is 26.1. The molecule has 35 nitrogen and oxygen atoms in total. The minimum absolute atomic E-state index is 0.114. The van der Waals surface area contributed by atoms with E-state index >= 15 is 0 Å². The Morgan fingerprint density at radius 2 is 1.17 bits per heavy atom. The van der Waals surface area contributed by atoms with Gasteiger partial charge in [-0.15, -0.1) is 0 Å². The molecule has 0 radical (unpaired) electrons. The van der Waals surface area contributed by atoms with E-state index in [0.717, 1.165) is 21.3 Å². The first-order chi connectivity index (χ1) is 41.0. The Bertz CT molecular complexity index is 3680. The van der Waals surface area contributed by atoms with Crippen molar-refractivity contribution >= 4 is 76.6 Å². The summed E-state index contributed by atoms with van der Waals surface area (Å²) in [5.41, 5.74) is 11.9. The molecule has 4 fully saturated rings. The van der Waals surface area contributed by atoms with Crippen LogP contribution < -0.4 is 34.0 Å². The van der Waals surface area contributed by atoms with Crippen LogP contribution in [0.5, 0.6) is 0 Å². The van der Waals surface area contributed by atoms with Crippen LogP contribution in [-0.4, -0.2) is 193 Å². The number of hydrogen-bond donors (Lipinski definition) is 9. The summed E-state index contributed by atoms with van der Waals surface area (Å²) in [4.78, 5) is 91.9. The highest BCUT2D eigenvalue weighted by atomic mass is 32.7. The van der Waals surface area contributed by atoms with Crippen LogP contribution in [0, 0.1) is 0 Å². The lowest BCUT2D eigenvalue weighted by Crippen LogP contribution is -2.40. The van der Waals surface area contributed by atoms with Crippen LogP contribution in [0.4, 0.5) is 16.2 Å². The number of aromatic amines is 2. The highest BCUT2D eigenvalue weighted by Crippen LogP contribution is 2.63. The molecule has 0 amide bonds. The second kappa shape index (κ2) is 27.6. The predicted octanol–water partition coefficient (Wildman–Crippen LogP) is -0.386. The van der Waals surface area contributed by atoms with E-state index in [1.165, 1.54) is 45.5 Å². The molecule has 0 spiro atoms. The van der Waals surface area contributed by atoms with E-state index < -0.39 is 160 Å². The van der Waals surface area contributed by atoms with Crippen LogP contribution in [0.2, 0.25) is 0 Å². The number of nitrogens with zero attached hydrogens (tertiary/aromatic N) is 8. The largest absolute Gasteiger partial charge is 0.509 e. The quantitative estimate of drug-likeness (QED) is 0.0237. The number of H-pyrrole nitrogens is 2. The number of aromatic nitrogens is 10. The van der Waals surface area contributed by atoms with E-state index in [1.807, 2.05) is 0 Å². The summed E-state index contributed by atoms with van der Waals surface area (Å²) in [6, 6.07) is 5.45. The van der Waals surface area contributed by atoms with Gasteiger partial charge in [-0.25, -0.2) is 38.9 Å². The van der Waals surface area contributed by atoms with Gasteiger partial charge < -0.3 is 79.2 Å². The van der Waals surface area contributed by atoms with Gasteiger partial charge >= 0.3 is 31.1 Å². The van der Waals surface area contributed by atoms with Crippen molar-refractivity contribution in [2.24, 2.45) is 0 Å². The van der Waals surface area contributed by atoms with Gasteiger partial charge in [-0.05, 0) is 37.8 Å². The van der Waals surface area contributed by atoms with Crippen LogP contribution >= 0.6 is 24.9 Å². The zero-order valence-corrected chi connectivity index (χ0v) is 49.3. The monoisotopic (exact) mass is 1290 g/mol. The molecular weight excluding hydrogens is 1230 g/mol. The standard InChI is InChI=1S/C26H35N6O13PS.C21H27N6O10PS/c1-13(2)42-26(37)40-12-47-46(38,45-21-16(9-33)44-24(22(21)39-3)31-7-5-18(35)30-25(31)36)41-10-17-15(34)8-19(43-17)32-11-29-20-14(27)4-6-28-23(20)32;1-33-18-17(12(7-28)36-20(18)26-5-3-14(30)25-21(26)31)37-38(32,39)34-8-13-11(29)6-15(35-13)27-9-24-16-10(22)2-4-23-19(16)27/h4-7,11,13,15-17,19,21-22,24,33-34H,8-10,12H2,1-3H3,(H2,27,28)(H,30,35,36);2-5,9,11-13,15,17-18,20,28-29H,6-8H2,1H3,(H2,22,23)(H,32,39)(H,25,30,31)/t15-,16-,17-,19-,21+,22?,24-,46?;11-,12-,13-,15-,17+,18?,20-,38?/m11/s1. The number of nitrogens with one attached hydrogen (secondary N) is 2. The van der Waals surface area contributed by atoms with Crippen molar-refractivity contribution < 1.29 is 90.7 Å². The highest BCUT2D eigenvalue weighted by molar-refractivity contribution is 8.55. The van der Waals surface area contributed by atoms with Crippen LogP contribution in [0.3, 0.4) is 0 Å². The lowest BCUT2D eigenvalue weighted by atomic mass is 10.1. The maximum absolute atomic E-state index is 14.2. The molecule has 11 N–H and O–H groups in total. The van der Waals surface area contributed by atoms with Gasteiger partial charge in [0.15, 0.2) is 29.7 Å².